The molecule has 1 aliphatic heterocycles. The summed E-state index contributed by atoms with van der Waals surface area (Å²) >= 11 is 0. The molecule has 3 N–H and O–H groups in total. The Morgan fingerprint density at radius 2 is 2.00 bits per heavy atom. The molecule has 1 heterocycles. The van der Waals surface area contributed by atoms with E-state index in [0.717, 1.165) is 32.1 Å². The molecule has 0 bridgehead atoms. The zero-order valence-corrected chi connectivity index (χ0v) is 13.0. The zero-order valence-electron chi connectivity index (χ0n) is 13.0. The van der Waals surface area contributed by atoms with E-state index in [1.807, 2.05) is 0 Å². The van der Waals surface area contributed by atoms with Gasteiger partial charge in [-0.15, -0.1) is 0 Å². The van der Waals surface area contributed by atoms with E-state index in [-0.39, 0.29) is 13.2 Å². The first-order chi connectivity index (χ1) is 10.2. The van der Waals surface area contributed by atoms with Gasteiger partial charge in [-0.05, 0) is 25.7 Å². The second-order valence-electron chi connectivity index (χ2n) is 5.56. The summed E-state index contributed by atoms with van der Waals surface area (Å²) in [6.07, 6.45) is 8.12. The molecule has 1 saturated heterocycles. The van der Waals surface area contributed by atoms with Crippen molar-refractivity contribution in [1.82, 2.24) is 0 Å². The molecule has 1 aliphatic rings. The van der Waals surface area contributed by atoms with Gasteiger partial charge in [-0.2, -0.15) is 0 Å². The molecule has 4 atom stereocenters. The highest BCUT2D eigenvalue weighted by atomic mass is 16.6. The van der Waals surface area contributed by atoms with E-state index in [9.17, 15) is 10.2 Å². The summed E-state index contributed by atoms with van der Waals surface area (Å²) in [4.78, 5) is 0. The molecule has 0 spiro atoms. The number of hydrogen-bond acceptors (Lipinski definition) is 5. The summed E-state index contributed by atoms with van der Waals surface area (Å²) in [5.41, 5.74) is 0. The van der Waals surface area contributed by atoms with E-state index in [4.69, 9.17) is 14.6 Å². The van der Waals surface area contributed by atoms with Crippen LogP contribution in [0.15, 0.2) is 12.2 Å². The average molecular weight is 302 g/mol. The summed E-state index contributed by atoms with van der Waals surface area (Å²) < 4.78 is 10.9. The molecule has 0 saturated carbocycles. The lowest BCUT2D eigenvalue weighted by molar-refractivity contribution is -0.0937. The van der Waals surface area contributed by atoms with Crippen LogP contribution in [-0.4, -0.2) is 59.6 Å². The van der Waals surface area contributed by atoms with Crippen molar-refractivity contribution < 1.29 is 24.8 Å². The normalized spacial score (nSPS) is 27.5. The van der Waals surface area contributed by atoms with Gasteiger partial charge >= 0.3 is 0 Å². The molecule has 0 aromatic heterocycles. The molecule has 5 heteroatoms. The SMILES string of the molecule is CCC/C=C/CCCCCO[C@H]1[C@@H]([C@H](O)CO)OC[C@@H]1O. The van der Waals surface area contributed by atoms with Gasteiger partial charge in [0.2, 0.25) is 0 Å². The highest BCUT2D eigenvalue weighted by Gasteiger charge is 2.40. The van der Waals surface area contributed by atoms with Gasteiger partial charge in [0.1, 0.15) is 24.4 Å². The molecular weight excluding hydrogens is 272 g/mol. The van der Waals surface area contributed by atoms with Gasteiger partial charge in [0, 0.05) is 6.61 Å². The predicted octanol–water partition coefficient (Wildman–Crippen LogP) is 1.40. The van der Waals surface area contributed by atoms with Gasteiger partial charge in [0.15, 0.2) is 0 Å². The molecule has 0 radical (unpaired) electrons. The first-order valence-electron chi connectivity index (χ1n) is 8.05. The van der Waals surface area contributed by atoms with E-state index < -0.39 is 24.4 Å². The van der Waals surface area contributed by atoms with Gasteiger partial charge in [-0.1, -0.05) is 31.9 Å². The molecule has 0 aromatic rings. The Morgan fingerprint density at radius 3 is 2.71 bits per heavy atom. The van der Waals surface area contributed by atoms with Crippen LogP contribution in [0, 0.1) is 0 Å². The third-order valence-corrected chi connectivity index (χ3v) is 3.68. The second kappa shape index (κ2) is 11.2. The second-order valence-corrected chi connectivity index (χ2v) is 5.56. The summed E-state index contributed by atoms with van der Waals surface area (Å²) in [6.45, 7) is 2.47. The van der Waals surface area contributed by atoms with Crippen molar-refractivity contribution in [3.05, 3.63) is 12.2 Å². The van der Waals surface area contributed by atoms with Crippen molar-refractivity contribution >= 4 is 0 Å². The molecular formula is C16H30O5. The molecule has 0 aliphatic carbocycles. The minimum Gasteiger partial charge on any atom is -0.394 e. The molecule has 124 valence electrons. The molecule has 1 fully saturated rings. The Kier molecular flexibility index (Phi) is 9.87. The summed E-state index contributed by atoms with van der Waals surface area (Å²) in [5, 5.41) is 28.3. The lowest BCUT2D eigenvalue weighted by Crippen LogP contribution is -2.42. The monoisotopic (exact) mass is 302 g/mol. The maximum atomic E-state index is 9.78. The Balaban J connectivity index is 2.10. The molecule has 0 aromatic carbocycles. The van der Waals surface area contributed by atoms with Crippen LogP contribution < -0.4 is 0 Å². The third kappa shape index (κ3) is 6.89. The first-order valence-corrected chi connectivity index (χ1v) is 8.05. The van der Waals surface area contributed by atoms with E-state index in [1.165, 1.54) is 6.42 Å². The largest absolute Gasteiger partial charge is 0.394 e. The lowest BCUT2D eigenvalue weighted by Gasteiger charge is -2.23. The fourth-order valence-electron chi connectivity index (χ4n) is 2.42. The summed E-state index contributed by atoms with van der Waals surface area (Å²) in [5.74, 6) is 0. The quantitative estimate of drug-likeness (QED) is 0.397. The lowest BCUT2D eigenvalue weighted by atomic mass is 10.1. The Labute approximate surface area is 127 Å². The highest BCUT2D eigenvalue weighted by molar-refractivity contribution is 4.89. The number of unbranched alkanes of at least 4 members (excludes halogenated alkanes) is 4. The van der Waals surface area contributed by atoms with Crippen molar-refractivity contribution in [2.45, 2.75) is 69.9 Å². The summed E-state index contributed by atoms with van der Waals surface area (Å²) in [7, 11) is 0. The molecule has 0 unspecified atom stereocenters. The molecule has 5 nitrogen and oxygen atoms in total. The van der Waals surface area contributed by atoms with Crippen LogP contribution in [-0.2, 0) is 9.47 Å². The standard InChI is InChI=1S/C16H30O5/c1-2-3-4-5-6-7-8-9-10-20-16-14(19)12-21-15(16)13(18)11-17/h4-5,13-19H,2-3,6-12H2,1H3/b5-4+/t13-,14+,15-,16-/m1/s1. The maximum absolute atomic E-state index is 9.78. The minimum atomic E-state index is -1.00. The van der Waals surface area contributed by atoms with Crippen molar-refractivity contribution in [3.63, 3.8) is 0 Å². The number of allylic oxidation sites excluding steroid dienone is 2. The number of ether oxygens (including phenoxy) is 2. The van der Waals surface area contributed by atoms with E-state index in [0.29, 0.717) is 6.61 Å². The molecule has 21 heavy (non-hydrogen) atoms. The van der Waals surface area contributed by atoms with Crippen LogP contribution in [0.3, 0.4) is 0 Å². The van der Waals surface area contributed by atoms with Gasteiger partial charge in [-0.3, -0.25) is 0 Å². The molecule has 1 rings (SSSR count). The molecule has 0 amide bonds. The number of rotatable bonds is 11. The van der Waals surface area contributed by atoms with E-state index >= 15 is 0 Å². The van der Waals surface area contributed by atoms with Crippen LogP contribution in [0.4, 0.5) is 0 Å². The average Bonchev–Trinajstić information content (AvgIpc) is 2.86. The maximum Gasteiger partial charge on any atom is 0.114 e. The van der Waals surface area contributed by atoms with Gasteiger partial charge < -0.3 is 24.8 Å². The van der Waals surface area contributed by atoms with E-state index in [1.54, 1.807) is 0 Å². The minimum absolute atomic E-state index is 0.147. The smallest absolute Gasteiger partial charge is 0.114 e. The van der Waals surface area contributed by atoms with Gasteiger partial charge in [-0.25, -0.2) is 0 Å². The van der Waals surface area contributed by atoms with Crippen LogP contribution in [0.5, 0.6) is 0 Å². The third-order valence-electron chi connectivity index (χ3n) is 3.68. The van der Waals surface area contributed by atoms with Crippen molar-refractivity contribution in [2.75, 3.05) is 19.8 Å². The highest BCUT2D eigenvalue weighted by Crippen LogP contribution is 2.21. The first kappa shape index (κ1) is 18.6. The number of aliphatic hydroxyl groups excluding tert-OH is 3. The van der Waals surface area contributed by atoms with Crippen molar-refractivity contribution in [3.8, 4) is 0 Å². The zero-order chi connectivity index (χ0) is 15.5. The van der Waals surface area contributed by atoms with Crippen LogP contribution >= 0.6 is 0 Å². The Hall–Kier alpha value is -0.460. The van der Waals surface area contributed by atoms with Crippen LogP contribution in [0.1, 0.15) is 45.4 Å². The van der Waals surface area contributed by atoms with Crippen molar-refractivity contribution in [1.29, 1.82) is 0 Å². The van der Waals surface area contributed by atoms with E-state index in [2.05, 4.69) is 19.1 Å². The summed E-state index contributed by atoms with van der Waals surface area (Å²) in [6, 6.07) is 0. The van der Waals surface area contributed by atoms with Crippen LogP contribution in [0.25, 0.3) is 0 Å². The Bertz CT molecular complexity index is 282. The van der Waals surface area contributed by atoms with Gasteiger partial charge in [0.25, 0.3) is 0 Å². The number of aliphatic hydroxyl groups is 3. The fraction of sp³-hybridized carbons (Fsp3) is 0.875. The Morgan fingerprint density at radius 1 is 1.24 bits per heavy atom. The van der Waals surface area contributed by atoms with Crippen molar-refractivity contribution in [2.24, 2.45) is 0 Å². The van der Waals surface area contributed by atoms with Gasteiger partial charge in [0.05, 0.1) is 13.2 Å². The number of hydrogen-bond donors (Lipinski definition) is 3. The topological polar surface area (TPSA) is 79.2 Å². The fourth-order valence-corrected chi connectivity index (χ4v) is 2.42. The predicted molar refractivity (Wildman–Crippen MR) is 81.1 cm³/mol. The van der Waals surface area contributed by atoms with Crippen LogP contribution in [0.2, 0.25) is 0 Å².